The maximum atomic E-state index is 13.0. The summed E-state index contributed by atoms with van der Waals surface area (Å²) < 4.78 is 17.8. The first-order valence-electron chi connectivity index (χ1n) is 7.37. The van der Waals surface area contributed by atoms with Crippen LogP contribution in [0.1, 0.15) is 32.3 Å². The number of rotatable bonds is 7. The molecule has 0 saturated carbocycles. The van der Waals surface area contributed by atoms with E-state index in [2.05, 4.69) is 0 Å². The molecule has 124 valence electrons. The molecule has 0 aliphatic carbocycles. The highest BCUT2D eigenvalue weighted by Gasteiger charge is 2.31. The molecule has 0 spiro atoms. The third-order valence-corrected chi connectivity index (χ3v) is 3.36. The van der Waals surface area contributed by atoms with Crippen molar-refractivity contribution >= 4 is 11.9 Å². The zero-order chi connectivity index (χ0) is 17.4. The second kappa shape index (κ2) is 8.89. The van der Waals surface area contributed by atoms with E-state index in [1.54, 1.807) is 18.2 Å². The molecule has 0 aromatic heterocycles. The van der Waals surface area contributed by atoms with Gasteiger partial charge in [-0.15, -0.1) is 0 Å². The number of halogens is 1. The Labute approximate surface area is 135 Å². The second-order valence-corrected chi connectivity index (χ2v) is 5.65. The van der Waals surface area contributed by atoms with Crippen LogP contribution in [0, 0.1) is 23.1 Å². The van der Waals surface area contributed by atoms with Crippen LogP contribution in [0.3, 0.4) is 0 Å². The van der Waals surface area contributed by atoms with Crippen LogP contribution in [-0.2, 0) is 20.9 Å². The largest absolute Gasteiger partial charge is 0.467 e. The van der Waals surface area contributed by atoms with Crippen molar-refractivity contribution in [2.24, 2.45) is 5.92 Å². The van der Waals surface area contributed by atoms with E-state index in [9.17, 15) is 14.0 Å². The molecule has 0 N–H and O–H groups in total. The fraction of sp³-hybridized carbons (Fsp3) is 0.471. The van der Waals surface area contributed by atoms with Crippen LogP contribution in [0.25, 0.3) is 0 Å². The van der Waals surface area contributed by atoms with E-state index in [0.717, 1.165) is 0 Å². The highest BCUT2D eigenvalue weighted by molar-refractivity contribution is 5.85. The van der Waals surface area contributed by atoms with Crippen LogP contribution >= 0.6 is 0 Å². The lowest BCUT2D eigenvalue weighted by Gasteiger charge is -2.30. The SMILES string of the molecule is COC(=O)[C@H](CC(C)C)N(Cc1ccc(F)cc1)C(=O)CC#N. The first-order chi connectivity index (χ1) is 10.9. The quantitative estimate of drug-likeness (QED) is 0.724. The molecule has 0 bridgehead atoms. The number of nitrogens with zero attached hydrogens (tertiary/aromatic N) is 2. The molecule has 0 unspecified atom stereocenters. The van der Waals surface area contributed by atoms with Crippen molar-refractivity contribution in [3.8, 4) is 6.07 Å². The summed E-state index contributed by atoms with van der Waals surface area (Å²) in [4.78, 5) is 25.7. The Morgan fingerprint density at radius 3 is 2.39 bits per heavy atom. The van der Waals surface area contributed by atoms with E-state index >= 15 is 0 Å². The molecule has 0 radical (unpaired) electrons. The number of carbonyl (C=O) groups excluding carboxylic acids is 2. The molecule has 1 aromatic carbocycles. The van der Waals surface area contributed by atoms with E-state index in [-0.39, 0.29) is 24.7 Å². The van der Waals surface area contributed by atoms with Gasteiger partial charge in [0.1, 0.15) is 18.3 Å². The number of carbonyl (C=O) groups is 2. The van der Waals surface area contributed by atoms with Crippen LogP contribution in [0.15, 0.2) is 24.3 Å². The van der Waals surface area contributed by atoms with Gasteiger partial charge in [-0.05, 0) is 30.0 Å². The molecule has 1 amide bonds. The van der Waals surface area contributed by atoms with Gasteiger partial charge >= 0.3 is 5.97 Å². The Bertz CT molecular complexity index is 578. The van der Waals surface area contributed by atoms with Crippen molar-refractivity contribution in [1.82, 2.24) is 4.90 Å². The minimum Gasteiger partial charge on any atom is -0.467 e. The molecular formula is C17H21FN2O3. The van der Waals surface area contributed by atoms with Crippen LogP contribution in [0.2, 0.25) is 0 Å². The van der Waals surface area contributed by atoms with Crippen molar-refractivity contribution < 1.29 is 18.7 Å². The van der Waals surface area contributed by atoms with Crippen molar-refractivity contribution in [1.29, 1.82) is 5.26 Å². The lowest BCUT2D eigenvalue weighted by Crippen LogP contribution is -2.45. The number of hydrogen-bond donors (Lipinski definition) is 0. The predicted octanol–water partition coefficient (Wildman–Crippen LogP) is 2.66. The van der Waals surface area contributed by atoms with Crippen molar-refractivity contribution in [2.45, 2.75) is 39.3 Å². The van der Waals surface area contributed by atoms with Crippen LogP contribution in [0.4, 0.5) is 4.39 Å². The van der Waals surface area contributed by atoms with Gasteiger partial charge in [0.15, 0.2) is 0 Å². The van der Waals surface area contributed by atoms with E-state index in [0.29, 0.717) is 12.0 Å². The highest BCUT2D eigenvalue weighted by Crippen LogP contribution is 2.18. The van der Waals surface area contributed by atoms with Gasteiger partial charge < -0.3 is 9.64 Å². The minimum absolute atomic E-state index is 0.118. The third-order valence-electron chi connectivity index (χ3n) is 3.36. The lowest BCUT2D eigenvalue weighted by molar-refractivity contribution is -0.153. The van der Waals surface area contributed by atoms with Crippen LogP contribution in [-0.4, -0.2) is 29.9 Å². The normalized spacial score (nSPS) is 11.7. The fourth-order valence-corrected chi connectivity index (χ4v) is 2.26. The van der Waals surface area contributed by atoms with Crippen molar-refractivity contribution in [3.05, 3.63) is 35.6 Å². The molecule has 1 rings (SSSR count). The number of esters is 1. The molecule has 0 aliphatic rings. The van der Waals surface area contributed by atoms with Crippen molar-refractivity contribution in [3.63, 3.8) is 0 Å². The lowest BCUT2D eigenvalue weighted by atomic mass is 10.0. The van der Waals surface area contributed by atoms with Gasteiger partial charge in [-0.2, -0.15) is 5.26 Å². The summed E-state index contributed by atoms with van der Waals surface area (Å²) in [5, 5.41) is 8.78. The molecule has 23 heavy (non-hydrogen) atoms. The van der Waals surface area contributed by atoms with Gasteiger partial charge in [-0.3, -0.25) is 4.79 Å². The number of ether oxygens (including phenoxy) is 1. The number of nitriles is 1. The summed E-state index contributed by atoms with van der Waals surface area (Å²) in [6.07, 6.45) is 0.0951. The topological polar surface area (TPSA) is 70.4 Å². The molecule has 6 heteroatoms. The van der Waals surface area contributed by atoms with Crippen LogP contribution < -0.4 is 0 Å². The van der Waals surface area contributed by atoms with Gasteiger partial charge in [-0.25, -0.2) is 9.18 Å². The van der Waals surface area contributed by atoms with E-state index in [4.69, 9.17) is 10.00 Å². The maximum absolute atomic E-state index is 13.0. The second-order valence-electron chi connectivity index (χ2n) is 5.65. The Kier molecular flexibility index (Phi) is 7.20. The first kappa shape index (κ1) is 18.6. The summed E-state index contributed by atoms with van der Waals surface area (Å²) in [6.45, 7) is 3.98. The summed E-state index contributed by atoms with van der Waals surface area (Å²) in [6, 6.07) is 6.71. The van der Waals surface area contributed by atoms with Gasteiger partial charge in [0.05, 0.1) is 13.2 Å². The molecular weight excluding hydrogens is 299 g/mol. The predicted molar refractivity (Wildman–Crippen MR) is 82.4 cm³/mol. The average molecular weight is 320 g/mol. The Morgan fingerprint density at radius 2 is 1.91 bits per heavy atom. The van der Waals surface area contributed by atoms with Crippen molar-refractivity contribution in [2.75, 3.05) is 7.11 Å². The van der Waals surface area contributed by atoms with Gasteiger partial charge in [0.2, 0.25) is 5.91 Å². The maximum Gasteiger partial charge on any atom is 0.328 e. The zero-order valence-corrected chi connectivity index (χ0v) is 13.6. The number of methoxy groups -OCH3 is 1. The number of amides is 1. The molecule has 0 heterocycles. The monoisotopic (exact) mass is 320 g/mol. The summed E-state index contributed by atoms with van der Waals surface area (Å²) in [7, 11) is 1.26. The summed E-state index contributed by atoms with van der Waals surface area (Å²) in [5.41, 5.74) is 0.676. The Balaban J connectivity index is 3.09. The van der Waals surface area contributed by atoms with E-state index < -0.39 is 17.9 Å². The third kappa shape index (κ3) is 5.70. The smallest absolute Gasteiger partial charge is 0.328 e. The zero-order valence-electron chi connectivity index (χ0n) is 13.6. The standard InChI is InChI=1S/C17H21FN2O3/c1-12(2)10-15(17(22)23-3)20(16(21)8-9-19)11-13-4-6-14(18)7-5-13/h4-7,12,15H,8,10-11H2,1-3H3/t15-/m0/s1. The molecule has 5 nitrogen and oxygen atoms in total. The molecule has 1 aromatic rings. The van der Waals surface area contributed by atoms with E-state index in [1.807, 2.05) is 13.8 Å². The average Bonchev–Trinajstić information content (AvgIpc) is 2.51. The molecule has 1 atom stereocenters. The Hall–Kier alpha value is -2.42. The minimum atomic E-state index is -0.772. The number of hydrogen-bond acceptors (Lipinski definition) is 4. The highest BCUT2D eigenvalue weighted by atomic mass is 19.1. The Morgan fingerprint density at radius 1 is 1.30 bits per heavy atom. The summed E-state index contributed by atoms with van der Waals surface area (Å²) >= 11 is 0. The summed E-state index contributed by atoms with van der Waals surface area (Å²) in [5.74, 6) is -1.19. The first-order valence-corrected chi connectivity index (χ1v) is 7.37. The van der Waals surface area contributed by atoms with Gasteiger partial charge in [0, 0.05) is 6.54 Å². The molecule has 0 fully saturated rings. The van der Waals surface area contributed by atoms with E-state index in [1.165, 1.54) is 24.1 Å². The van der Waals surface area contributed by atoms with Crippen LogP contribution in [0.5, 0.6) is 0 Å². The van der Waals surface area contributed by atoms with Gasteiger partial charge in [0.25, 0.3) is 0 Å². The fourth-order valence-electron chi connectivity index (χ4n) is 2.26. The molecule has 0 saturated heterocycles. The number of benzene rings is 1. The van der Waals surface area contributed by atoms with Gasteiger partial charge in [-0.1, -0.05) is 26.0 Å². The molecule has 0 aliphatic heterocycles.